The highest BCUT2D eigenvalue weighted by molar-refractivity contribution is 7.20. The van der Waals surface area contributed by atoms with Crippen LogP contribution < -0.4 is 5.32 Å². The molecule has 7 nitrogen and oxygen atoms in total. The highest BCUT2D eigenvalue weighted by atomic mass is 35.5. The van der Waals surface area contributed by atoms with Crippen molar-refractivity contribution in [3.05, 3.63) is 10.0 Å². The van der Waals surface area contributed by atoms with Crippen LogP contribution in [0.2, 0.25) is 4.34 Å². The number of hydrogen-bond donors (Lipinski definition) is 1. The quantitative estimate of drug-likeness (QED) is 0.291. The van der Waals surface area contributed by atoms with E-state index in [1.54, 1.807) is 0 Å². The monoisotopic (exact) mass is 309 g/mol. The van der Waals surface area contributed by atoms with Gasteiger partial charge in [-0.1, -0.05) is 28.1 Å². The van der Waals surface area contributed by atoms with Crippen LogP contribution in [0.25, 0.3) is 0 Å². The molecule has 0 saturated carbocycles. The number of nitrogens with zero attached hydrogens (tertiary/aromatic N) is 2. The maximum absolute atomic E-state index is 11.1. The van der Waals surface area contributed by atoms with E-state index in [1.807, 2.05) is 0 Å². The SMILES string of the molecule is CC(=O)O/N=C(\C(=O)Cl)c1nc(NC=O)sc1Cl. The van der Waals surface area contributed by atoms with Gasteiger partial charge < -0.3 is 10.2 Å². The van der Waals surface area contributed by atoms with Crippen molar-refractivity contribution >= 4 is 63.0 Å². The Morgan fingerprint density at radius 1 is 1.56 bits per heavy atom. The van der Waals surface area contributed by atoms with Gasteiger partial charge in [-0.15, -0.1) is 0 Å². The van der Waals surface area contributed by atoms with Gasteiger partial charge in [-0.3, -0.25) is 9.59 Å². The van der Waals surface area contributed by atoms with Gasteiger partial charge in [0.1, 0.15) is 10.0 Å². The molecule has 0 radical (unpaired) electrons. The van der Waals surface area contributed by atoms with Crippen LogP contribution in [0.3, 0.4) is 0 Å². The van der Waals surface area contributed by atoms with E-state index in [2.05, 4.69) is 20.3 Å². The first-order valence-electron chi connectivity index (χ1n) is 4.28. The summed E-state index contributed by atoms with van der Waals surface area (Å²) in [4.78, 5) is 40.1. The number of thiazole rings is 1. The Hall–Kier alpha value is -1.51. The third kappa shape index (κ3) is 3.76. The van der Waals surface area contributed by atoms with E-state index in [4.69, 9.17) is 23.2 Å². The molecule has 0 aliphatic heterocycles. The summed E-state index contributed by atoms with van der Waals surface area (Å²) in [5.41, 5.74) is -0.501. The molecule has 0 saturated heterocycles. The van der Waals surface area contributed by atoms with Crippen molar-refractivity contribution < 1.29 is 19.2 Å². The molecule has 10 heteroatoms. The van der Waals surface area contributed by atoms with E-state index in [1.165, 1.54) is 0 Å². The van der Waals surface area contributed by atoms with E-state index < -0.39 is 16.9 Å². The third-order valence-corrected chi connectivity index (χ3v) is 2.81. The first-order chi connectivity index (χ1) is 8.45. The maximum Gasteiger partial charge on any atom is 0.332 e. The van der Waals surface area contributed by atoms with Gasteiger partial charge >= 0.3 is 5.97 Å². The third-order valence-electron chi connectivity index (χ3n) is 1.44. The topological polar surface area (TPSA) is 97.7 Å². The number of aromatic nitrogens is 1. The molecule has 0 unspecified atom stereocenters. The molecule has 0 aliphatic carbocycles. The maximum atomic E-state index is 11.1. The van der Waals surface area contributed by atoms with Crippen molar-refractivity contribution in [1.29, 1.82) is 0 Å². The Labute approximate surface area is 115 Å². The normalized spacial score (nSPS) is 10.9. The summed E-state index contributed by atoms with van der Waals surface area (Å²) in [6, 6.07) is 0. The minimum absolute atomic E-state index is 0.0688. The molecule has 1 aromatic heterocycles. The van der Waals surface area contributed by atoms with E-state index in [0.29, 0.717) is 6.41 Å². The van der Waals surface area contributed by atoms with Crippen molar-refractivity contribution in [1.82, 2.24) is 4.98 Å². The van der Waals surface area contributed by atoms with Crippen molar-refractivity contribution in [3.8, 4) is 0 Å². The summed E-state index contributed by atoms with van der Waals surface area (Å²) in [5, 5.41) is 4.66. The first kappa shape index (κ1) is 14.6. The van der Waals surface area contributed by atoms with Gasteiger partial charge in [-0.25, -0.2) is 9.78 Å². The summed E-state index contributed by atoms with van der Waals surface area (Å²) in [5.74, 6) is -0.733. The molecule has 0 aliphatic rings. The van der Waals surface area contributed by atoms with Crippen molar-refractivity contribution in [2.45, 2.75) is 6.92 Å². The first-order valence-corrected chi connectivity index (χ1v) is 5.85. The minimum atomic E-state index is -0.999. The number of anilines is 1. The second kappa shape index (κ2) is 6.43. The number of carbonyl (C=O) groups excluding carboxylic acids is 3. The van der Waals surface area contributed by atoms with Crippen LogP contribution in [-0.2, 0) is 19.2 Å². The molecule has 1 aromatic rings. The smallest absolute Gasteiger partial charge is 0.318 e. The highest BCUT2D eigenvalue weighted by Gasteiger charge is 2.21. The Balaban J connectivity index is 3.13. The summed E-state index contributed by atoms with van der Waals surface area (Å²) in [6.07, 6.45) is 0.393. The van der Waals surface area contributed by atoms with Crippen LogP contribution >= 0.6 is 34.5 Å². The Kier molecular flexibility index (Phi) is 5.20. The van der Waals surface area contributed by atoms with E-state index >= 15 is 0 Å². The number of oxime groups is 1. The van der Waals surface area contributed by atoms with E-state index in [-0.39, 0.29) is 15.2 Å². The Bertz CT molecular complexity index is 528. The predicted molar refractivity (Wildman–Crippen MR) is 66.0 cm³/mol. The largest absolute Gasteiger partial charge is 0.332 e. The summed E-state index contributed by atoms with van der Waals surface area (Å²) in [6.45, 7) is 1.10. The highest BCUT2D eigenvalue weighted by Crippen LogP contribution is 2.28. The molecule has 0 bridgehead atoms. The lowest BCUT2D eigenvalue weighted by molar-refractivity contribution is -0.140. The second-order valence-corrected chi connectivity index (χ2v) is 4.64. The molecule has 18 heavy (non-hydrogen) atoms. The van der Waals surface area contributed by atoms with Crippen LogP contribution in [0.4, 0.5) is 5.13 Å². The number of halogens is 2. The fraction of sp³-hybridized carbons (Fsp3) is 0.125. The van der Waals surface area contributed by atoms with Crippen molar-refractivity contribution in [3.63, 3.8) is 0 Å². The number of hydrogen-bond acceptors (Lipinski definition) is 7. The molecule has 96 valence electrons. The molecular formula is C8H5Cl2N3O4S. The van der Waals surface area contributed by atoms with Crippen LogP contribution in [0.1, 0.15) is 12.6 Å². The average Bonchev–Trinajstić information content (AvgIpc) is 2.60. The average molecular weight is 310 g/mol. The molecule has 0 fully saturated rings. The van der Waals surface area contributed by atoms with Gasteiger partial charge in [-0.05, 0) is 11.6 Å². The van der Waals surface area contributed by atoms with Gasteiger partial charge in [0.15, 0.2) is 10.8 Å². The Morgan fingerprint density at radius 2 is 2.22 bits per heavy atom. The lowest BCUT2D eigenvalue weighted by Crippen LogP contribution is -2.12. The fourth-order valence-electron chi connectivity index (χ4n) is 0.842. The van der Waals surface area contributed by atoms with Crippen molar-refractivity contribution in [2.24, 2.45) is 5.16 Å². The lowest BCUT2D eigenvalue weighted by atomic mass is 10.3. The fourth-order valence-corrected chi connectivity index (χ4v) is 1.97. The predicted octanol–water partition coefficient (Wildman–Crippen LogP) is 1.40. The van der Waals surface area contributed by atoms with Gasteiger partial charge in [0.25, 0.3) is 5.24 Å². The molecule has 1 amide bonds. The number of amides is 1. The molecule has 1 rings (SSSR count). The number of nitrogens with one attached hydrogen (secondary N) is 1. The molecule has 1 N–H and O–H groups in total. The van der Waals surface area contributed by atoms with Gasteiger partial charge in [-0.2, -0.15) is 0 Å². The van der Waals surface area contributed by atoms with Crippen LogP contribution in [0.5, 0.6) is 0 Å². The molecule has 0 atom stereocenters. The van der Waals surface area contributed by atoms with Crippen molar-refractivity contribution in [2.75, 3.05) is 5.32 Å². The zero-order chi connectivity index (χ0) is 13.7. The van der Waals surface area contributed by atoms with E-state index in [9.17, 15) is 14.4 Å². The zero-order valence-corrected chi connectivity index (χ0v) is 11.1. The summed E-state index contributed by atoms with van der Waals surface area (Å²) < 4.78 is 0.0688. The van der Waals surface area contributed by atoms with Crippen LogP contribution in [0, 0.1) is 0 Å². The molecule has 1 heterocycles. The summed E-state index contributed by atoms with van der Waals surface area (Å²) in [7, 11) is 0. The molecule has 0 spiro atoms. The van der Waals surface area contributed by atoms with Crippen LogP contribution in [0.15, 0.2) is 5.16 Å². The summed E-state index contributed by atoms with van der Waals surface area (Å²) >= 11 is 12.0. The van der Waals surface area contributed by atoms with E-state index in [0.717, 1.165) is 18.3 Å². The lowest BCUT2D eigenvalue weighted by Gasteiger charge is -1.97. The van der Waals surface area contributed by atoms with Gasteiger partial charge in [0.2, 0.25) is 6.41 Å². The number of carbonyl (C=O) groups is 3. The standard InChI is InChI=1S/C8H5Cl2N3O4S/c1-3(15)17-13-4(6(9)16)5-7(10)18-8(12-5)11-2-14/h2H,1H3,(H,11,12,14)/b13-4-. The number of rotatable bonds is 5. The minimum Gasteiger partial charge on any atom is -0.318 e. The van der Waals surface area contributed by atoms with Gasteiger partial charge in [0, 0.05) is 6.92 Å². The Morgan fingerprint density at radius 3 is 2.72 bits per heavy atom. The molecule has 0 aromatic carbocycles. The zero-order valence-electron chi connectivity index (χ0n) is 8.77. The van der Waals surface area contributed by atoms with Gasteiger partial charge in [0.05, 0.1) is 0 Å². The molecular weight excluding hydrogens is 305 g/mol. The second-order valence-electron chi connectivity index (χ2n) is 2.70. The van der Waals surface area contributed by atoms with Crippen LogP contribution in [-0.4, -0.2) is 28.3 Å².